The van der Waals surface area contributed by atoms with Gasteiger partial charge in [0.1, 0.15) is 0 Å². The normalized spacial score (nSPS) is 9.74. The molecule has 2 amide bonds. The minimum atomic E-state index is -0.501. The highest BCUT2D eigenvalue weighted by Gasteiger charge is 2.15. The van der Waals surface area contributed by atoms with Crippen molar-refractivity contribution in [2.24, 2.45) is 5.84 Å². The largest absolute Gasteiger partial charge is 0.322 e. The first-order chi connectivity index (χ1) is 9.22. The van der Waals surface area contributed by atoms with Crippen LogP contribution in [0.15, 0.2) is 54.6 Å². The molecular formula is C14H13N3O2. The van der Waals surface area contributed by atoms with Gasteiger partial charge < -0.3 is 5.32 Å². The van der Waals surface area contributed by atoms with Gasteiger partial charge in [-0.15, -0.1) is 0 Å². The lowest BCUT2D eigenvalue weighted by molar-refractivity contribution is 0.0940. The van der Waals surface area contributed by atoms with E-state index < -0.39 is 5.91 Å². The number of hydrazine groups is 1. The Bertz CT molecular complexity index is 597. The number of hydrogen-bond acceptors (Lipinski definition) is 3. The van der Waals surface area contributed by atoms with Crippen molar-refractivity contribution in [2.75, 3.05) is 5.32 Å². The summed E-state index contributed by atoms with van der Waals surface area (Å²) < 4.78 is 0. The molecule has 2 aromatic carbocycles. The average molecular weight is 255 g/mol. The maximum Gasteiger partial charge on any atom is 0.265 e. The van der Waals surface area contributed by atoms with Crippen LogP contribution in [-0.4, -0.2) is 11.8 Å². The summed E-state index contributed by atoms with van der Waals surface area (Å²) in [6.07, 6.45) is 0. The molecule has 0 unspecified atom stereocenters. The fraction of sp³-hybridized carbons (Fsp3) is 0. The Hall–Kier alpha value is -2.66. The van der Waals surface area contributed by atoms with Crippen LogP contribution in [0.25, 0.3) is 0 Å². The molecule has 0 fully saturated rings. The molecule has 0 radical (unpaired) electrons. The molecule has 0 aromatic heterocycles. The molecule has 5 heteroatoms. The average Bonchev–Trinajstić information content (AvgIpc) is 2.47. The third-order valence-electron chi connectivity index (χ3n) is 2.58. The third kappa shape index (κ3) is 2.97. The number of nitrogens with two attached hydrogens (primary N) is 1. The number of para-hydroxylation sites is 1. The molecule has 2 rings (SSSR count). The summed E-state index contributed by atoms with van der Waals surface area (Å²) in [4.78, 5) is 23.7. The highest BCUT2D eigenvalue weighted by molar-refractivity contribution is 6.12. The molecule has 0 saturated carbocycles. The van der Waals surface area contributed by atoms with E-state index in [0.29, 0.717) is 5.69 Å². The molecule has 0 aliphatic rings. The molecule has 0 saturated heterocycles. The van der Waals surface area contributed by atoms with Gasteiger partial charge in [-0.2, -0.15) is 0 Å². The van der Waals surface area contributed by atoms with Gasteiger partial charge in [-0.3, -0.25) is 15.0 Å². The van der Waals surface area contributed by atoms with Crippen molar-refractivity contribution in [3.63, 3.8) is 0 Å². The van der Waals surface area contributed by atoms with Gasteiger partial charge in [-0.05, 0) is 24.3 Å². The van der Waals surface area contributed by atoms with Gasteiger partial charge in [0, 0.05) is 5.69 Å². The first-order valence-electron chi connectivity index (χ1n) is 5.68. The number of carbonyl (C=O) groups excluding carboxylic acids is 2. The standard InChI is InChI=1S/C14H13N3O2/c15-17-14(19)12-9-5-4-8-11(12)13(18)16-10-6-2-1-3-7-10/h1-9H,15H2,(H,16,18)(H,17,19). The summed E-state index contributed by atoms with van der Waals surface area (Å²) in [5.41, 5.74) is 3.19. The van der Waals surface area contributed by atoms with Gasteiger partial charge in [0.15, 0.2) is 0 Å². The SMILES string of the molecule is NNC(=O)c1ccccc1C(=O)Nc1ccccc1. The van der Waals surface area contributed by atoms with E-state index in [4.69, 9.17) is 5.84 Å². The molecule has 0 heterocycles. The minimum Gasteiger partial charge on any atom is -0.322 e. The minimum absolute atomic E-state index is 0.235. The van der Waals surface area contributed by atoms with Crippen molar-refractivity contribution in [3.05, 3.63) is 65.7 Å². The maximum absolute atomic E-state index is 12.1. The first kappa shape index (κ1) is 12.8. The van der Waals surface area contributed by atoms with Gasteiger partial charge in [0.05, 0.1) is 11.1 Å². The predicted molar refractivity (Wildman–Crippen MR) is 72.5 cm³/mol. The lowest BCUT2D eigenvalue weighted by atomic mass is 10.1. The van der Waals surface area contributed by atoms with Gasteiger partial charge in [-0.1, -0.05) is 30.3 Å². The molecule has 0 atom stereocenters. The second kappa shape index (κ2) is 5.79. The van der Waals surface area contributed by atoms with E-state index in [1.54, 1.807) is 36.4 Å². The molecule has 19 heavy (non-hydrogen) atoms. The zero-order valence-corrected chi connectivity index (χ0v) is 10.1. The monoisotopic (exact) mass is 255 g/mol. The molecule has 2 aromatic rings. The van der Waals surface area contributed by atoms with Crippen molar-refractivity contribution >= 4 is 17.5 Å². The summed E-state index contributed by atoms with van der Waals surface area (Å²) >= 11 is 0. The molecule has 0 aliphatic carbocycles. The van der Waals surface area contributed by atoms with Crippen molar-refractivity contribution in [2.45, 2.75) is 0 Å². The van der Waals surface area contributed by atoms with Crippen LogP contribution in [-0.2, 0) is 0 Å². The zero-order valence-electron chi connectivity index (χ0n) is 10.1. The Labute approximate surface area is 110 Å². The van der Waals surface area contributed by atoms with Crippen LogP contribution in [0.3, 0.4) is 0 Å². The number of anilines is 1. The van der Waals surface area contributed by atoms with Crippen molar-refractivity contribution in [1.29, 1.82) is 0 Å². The Morgan fingerprint density at radius 2 is 1.32 bits per heavy atom. The summed E-state index contributed by atoms with van der Waals surface area (Å²) in [6, 6.07) is 15.5. The summed E-state index contributed by atoms with van der Waals surface area (Å²) in [5.74, 6) is 4.24. The van der Waals surface area contributed by atoms with Crippen LogP contribution in [0.1, 0.15) is 20.7 Å². The van der Waals surface area contributed by atoms with Crippen LogP contribution in [0.5, 0.6) is 0 Å². The molecule has 0 aliphatic heterocycles. The van der Waals surface area contributed by atoms with E-state index in [-0.39, 0.29) is 17.0 Å². The summed E-state index contributed by atoms with van der Waals surface area (Å²) in [6.45, 7) is 0. The van der Waals surface area contributed by atoms with Crippen molar-refractivity contribution in [3.8, 4) is 0 Å². The molecule has 5 nitrogen and oxygen atoms in total. The van der Waals surface area contributed by atoms with E-state index in [9.17, 15) is 9.59 Å². The maximum atomic E-state index is 12.1. The fourth-order valence-electron chi connectivity index (χ4n) is 1.68. The van der Waals surface area contributed by atoms with Crippen molar-refractivity contribution < 1.29 is 9.59 Å². The van der Waals surface area contributed by atoms with Crippen molar-refractivity contribution in [1.82, 2.24) is 5.43 Å². The zero-order chi connectivity index (χ0) is 13.7. The number of carbonyl (C=O) groups is 2. The lowest BCUT2D eigenvalue weighted by Crippen LogP contribution is -2.31. The van der Waals surface area contributed by atoms with E-state index in [2.05, 4.69) is 5.32 Å². The van der Waals surface area contributed by atoms with Crippen LogP contribution < -0.4 is 16.6 Å². The van der Waals surface area contributed by atoms with Gasteiger partial charge in [-0.25, -0.2) is 5.84 Å². The van der Waals surface area contributed by atoms with Gasteiger partial charge >= 0.3 is 0 Å². The number of amides is 2. The number of rotatable bonds is 3. The summed E-state index contributed by atoms with van der Waals surface area (Å²) in [5, 5.41) is 2.72. The molecule has 96 valence electrons. The second-order valence-corrected chi connectivity index (χ2v) is 3.84. The van der Waals surface area contributed by atoms with E-state index in [1.165, 1.54) is 0 Å². The third-order valence-corrected chi connectivity index (χ3v) is 2.58. The van der Waals surface area contributed by atoms with E-state index >= 15 is 0 Å². The van der Waals surface area contributed by atoms with Gasteiger partial charge in [0.2, 0.25) is 0 Å². The van der Waals surface area contributed by atoms with Crippen LogP contribution >= 0.6 is 0 Å². The van der Waals surface area contributed by atoms with Crippen LogP contribution in [0.4, 0.5) is 5.69 Å². The number of benzene rings is 2. The number of nitrogen functional groups attached to an aromatic ring is 1. The number of hydrogen-bond donors (Lipinski definition) is 3. The topological polar surface area (TPSA) is 84.2 Å². The Balaban J connectivity index is 2.27. The highest BCUT2D eigenvalue weighted by atomic mass is 16.2. The fourth-order valence-corrected chi connectivity index (χ4v) is 1.68. The smallest absolute Gasteiger partial charge is 0.265 e. The first-order valence-corrected chi connectivity index (χ1v) is 5.68. The molecule has 0 bridgehead atoms. The molecule has 4 N–H and O–H groups in total. The highest BCUT2D eigenvalue weighted by Crippen LogP contribution is 2.12. The van der Waals surface area contributed by atoms with Crippen LogP contribution in [0.2, 0.25) is 0 Å². The Kier molecular flexibility index (Phi) is 3.90. The lowest BCUT2D eigenvalue weighted by Gasteiger charge is -2.08. The predicted octanol–water partition coefficient (Wildman–Crippen LogP) is 1.54. The quantitative estimate of drug-likeness (QED) is 0.442. The molecular weight excluding hydrogens is 242 g/mol. The number of nitrogens with one attached hydrogen (secondary N) is 2. The Morgan fingerprint density at radius 1 is 0.789 bits per heavy atom. The summed E-state index contributed by atoms with van der Waals surface area (Å²) in [7, 11) is 0. The molecule has 0 spiro atoms. The van der Waals surface area contributed by atoms with E-state index in [1.807, 2.05) is 23.6 Å². The second-order valence-electron chi connectivity index (χ2n) is 3.84. The van der Waals surface area contributed by atoms with Crippen LogP contribution in [0, 0.1) is 0 Å². The Morgan fingerprint density at radius 3 is 1.89 bits per heavy atom. The van der Waals surface area contributed by atoms with E-state index in [0.717, 1.165) is 0 Å². The van der Waals surface area contributed by atoms with Gasteiger partial charge in [0.25, 0.3) is 11.8 Å².